The van der Waals surface area contributed by atoms with E-state index in [9.17, 15) is 9.46 Å². The molecule has 0 aliphatic carbocycles. The van der Waals surface area contributed by atoms with Crippen LogP contribution in [0.15, 0.2) is 42.7 Å². The molecule has 1 unspecified atom stereocenters. The number of rotatable bonds is 21. The van der Waals surface area contributed by atoms with Gasteiger partial charge >= 0.3 is 7.82 Å². The largest absolute Gasteiger partial charge is 0.472 e. The molecule has 0 aliphatic heterocycles. The molecule has 0 saturated carbocycles. The molecule has 1 atom stereocenters. The topological polar surface area (TPSA) is 59.6 Å². The maximum absolute atomic E-state index is 11.9. The second-order valence-electron chi connectivity index (χ2n) is 8.19. The van der Waals surface area contributed by atoms with E-state index in [1.807, 2.05) is 35.2 Å². The summed E-state index contributed by atoms with van der Waals surface area (Å²) in [6.07, 6.45) is 25.8. The van der Waals surface area contributed by atoms with Crippen LogP contribution < -0.4 is 4.57 Å². The molecule has 1 N–H and O–H groups in total. The van der Waals surface area contributed by atoms with Crippen molar-refractivity contribution >= 4 is 7.82 Å². The second kappa shape index (κ2) is 19.7. The van der Waals surface area contributed by atoms with Gasteiger partial charge in [0.1, 0.15) is 6.61 Å². The van der Waals surface area contributed by atoms with Gasteiger partial charge in [0.05, 0.1) is 6.61 Å². The number of aromatic nitrogens is 1. The molecule has 0 amide bonds. The first-order valence-electron chi connectivity index (χ1n) is 12.3. The summed E-state index contributed by atoms with van der Waals surface area (Å²) in [6.45, 7) is 3.20. The van der Waals surface area contributed by atoms with Crippen molar-refractivity contribution in [3.8, 4) is 0 Å². The van der Waals surface area contributed by atoms with E-state index in [1.165, 1.54) is 70.6 Å². The van der Waals surface area contributed by atoms with Crippen molar-refractivity contribution in [2.45, 2.75) is 103 Å². The smallest absolute Gasteiger partial charge is 0.302 e. The third-order valence-corrected chi connectivity index (χ3v) is 6.31. The molecule has 0 radical (unpaired) electrons. The van der Waals surface area contributed by atoms with Crippen LogP contribution in [0.3, 0.4) is 0 Å². The Kier molecular flexibility index (Phi) is 17.8. The van der Waals surface area contributed by atoms with Gasteiger partial charge in [0.15, 0.2) is 18.9 Å². The van der Waals surface area contributed by atoms with Gasteiger partial charge in [-0.15, -0.1) is 0 Å². The fourth-order valence-corrected chi connectivity index (χ4v) is 4.16. The summed E-state index contributed by atoms with van der Waals surface area (Å²) in [7, 11) is -3.94. The van der Waals surface area contributed by atoms with Gasteiger partial charge in [-0.05, 0) is 32.1 Å². The molecule has 5 nitrogen and oxygen atoms in total. The molecule has 0 aliphatic rings. The van der Waals surface area contributed by atoms with Crippen molar-refractivity contribution in [3.63, 3.8) is 0 Å². The number of hydrogen-bond donors (Lipinski definition) is 1. The minimum Gasteiger partial charge on any atom is -0.302 e. The number of hydrogen-bond acceptors (Lipinski definition) is 3. The highest BCUT2D eigenvalue weighted by Crippen LogP contribution is 2.43. The highest BCUT2D eigenvalue weighted by atomic mass is 31.2. The molecule has 1 heterocycles. The van der Waals surface area contributed by atoms with E-state index in [0.29, 0.717) is 6.54 Å². The third-order valence-electron chi connectivity index (χ3n) is 5.29. The van der Waals surface area contributed by atoms with Gasteiger partial charge in [-0.25, -0.2) is 9.13 Å². The number of phosphoric ester groups is 1. The van der Waals surface area contributed by atoms with E-state index >= 15 is 0 Å². The molecular formula is C25H45NO4P+. The molecule has 178 valence electrons. The van der Waals surface area contributed by atoms with Crippen molar-refractivity contribution in [3.05, 3.63) is 42.7 Å². The molecule has 0 aromatic carbocycles. The lowest BCUT2D eigenvalue weighted by molar-refractivity contribution is -0.697. The van der Waals surface area contributed by atoms with Crippen LogP contribution in [0.2, 0.25) is 0 Å². The summed E-state index contributed by atoms with van der Waals surface area (Å²) in [5, 5.41) is 0. The van der Waals surface area contributed by atoms with Gasteiger partial charge in [-0.3, -0.25) is 9.05 Å². The highest BCUT2D eigenvalue weighted by molar-refractivity contribution is 7.47. The van der Waals surface area contributed by atoms with Gasteiger partial charge in [0.2, 0.25) is 0 Å². The van der Waals surface area contributed by atoms with Gasteiger partial charge in [-0.1, -0.05) is 82.9 Å². The zero-order valence-electron chi connectivity index (χ0n) is 19.6. The van der Waals surface area contributed by atoms with Crippen LogP contribution in [-0.2, 0) is 20.2 Å². The normalized spacial score (nSPS) is 13.6. The van der Waals surface area contributed by atoms with Gasteiger partial charge in [0.25, 0.3) is 0 Å². The lowest BCUT2D eigenvalue weighted by atomic mass is 10.1. The summed E-state index contributed by atoms with van der Waals surface area (Å²) < 4.78 is 23.8. The van der Waals surface area contributed by atoms with Crippen molar-refractivity contribution in [1.82, 2.24) is 0 Å². The quantitative estimate of drug-likeness (QED) is 0.0928. The summed E-state index contributed by atoms with van der Waals surface area (Å²) in [6, 6.07) is 5.73. The lowest BCUT2D eigenvalue weighted by Gasteiger charge is -2.11. The SMILES string of the molecule is CCCCCCCC/C=C\CCCCCCCCOP(=O)(O)OCC[n+]1ccccc1. The van der Waals surface area contributed by atoms with Crippen LogP contribution in [0.1, 0.15) is 96.8 Å². The van der Waals surface area contributed by atoms with Crippen LogP contribution >= 0.6 is 7.82 Å². The summed E-state index contributed by atoms with van der Waals surface area (Å²) in [4.78, 5) is 9.71. The summed E-state index contributed by atoms with van der Waals surface area (Å²) in [5.74, 6) is 0. The number of allylic oxidation sites excluding steroid dienone is 2. The summed E-state index contributed by atoms with van der Waals surface area (Å²) in [5.41, 5.74) is 0. The van der Waals surface area contributed by atoms with Crippen LogP contribution in [0.4, 0.5) is 0 Å². The zero-order valence-corrected chi connectivity index (χ0v) is 20.5. The Morgan fingerprint density at radius 2 is 1.26 bits per heavy atom. The Balaban J connectivity index is 1.85. The third kappa shape index (κ3) is 18.3. The molecule has 0 fully saturated rings. The second-order valence-corrected chi connectivity index (χ2v) is 9.64. The fraction of sp³-hybridized carbons (Fsp3) is 0.720. The van der Waals surface area contributed by atoms with Gasteiger partial charge in [-0.2, -0.15) is 0 Å². The maximum atomic E-state index is 11.9. The Hall–Kier alpha value is -1.00. The fourth-order valence-electron chi connectivity index (χ4n) is 3.41. The molecule has 1 aromatic heterocycles. The molecule has 0 bridgehead atoms. The minimum atomic E-state index is -3.94. The number of nitrogens with zero attached hydrogens (tertiary/aromatic N) is 1. The van der Waals surface area contributed by atoms with Crippen molar-refractivity contribution in [1.29, 1.82) is 0 Å². The van der Waals surface area contributed by atoms with E-state index in [4.69, 9.17) is 9.05 Å². The average molecular weight is 455 g/mol. The molecule has 0 spiro atoms. The Morgan fingerprint density at radius 1 is 0.742 bits per heavy atom. The van der Waals surface area contributed by atoms with Crippen molar-refractivity contribution in [2.24, 2.45) is 0 Å². The molecule has 31 heavy (non-hydrogen) atoms. The van der Waals surface area contributed by atoms with Gasteiger partial charge < -0.3 is 4.89 Å². The molecule has 6 heteroatoms. The van der Waals surface area contributed by atoms with E-state index in [-0.39, 0.29) is 13.2 Å². The summed E-state index contributed by atoms with van der Waals surface area (Å²) >= 11 is 0. The van der Waals surface area contributed by atoms with Crippen molar-refractivity contribution in [2.75, 3.05) is 13.2 Å². The van der Waals surface area contributed by atoms with Crippen molar-refractivity contribution < 1.29 is 23.1 Å². The highest BCUT2D eigenvalue weighted by Gasteiger charge is 2.21. The maximum Gasteiger partial charge on any atom is 0.472 e. The Morgan fingerprint density at radius 3 is 1.87 bits per heavy atom. The standard InChI is InChI=1S/C25H44NO4P/c1-2-3-4-5-6-7-8-9-10-11-12-13-14-15-16-20-24-29-31(27,28)30-25-23-26-21-18-17-19-22-26/h9-10,17-19,21-22H,2-8,11-16,20,23-25H2,1H3/p+1/b10-9-. The molecule has 1 aromatic rings. The Bertz CT molecular complexity index is 594. The lowest BCUT2D eigenvalue weighted by Crippen LogP contribution is -2.34. The van der Waals surface area contributed by atoms with E-state index in [0.717, 1.165) is 19.3 Å². The number of pyridine rings is 1. The van der Waals surface area contributed by atoms with Crippen LogP contribution in [0, 0.1) is 0 Å². The minimum absolute atomic E-state index is 0.149. The van der Waals surface area contributed by atoms with E-state index in [1.54, 1.807) is 0 Å². The zero-order chi connectivity index (χ0) is 22.5. The van der Waals surface area contributed by atoms with Crippen LogP contribution in [0.25, 0.3) is 0 Å². The molecular weight excluding hydrogens is 409 g/mol. The number of phosphoric acid groups is 1. The number of unbranched alkanes of at least 4 members (excludes halogenated alkanes) is 12. The predicted octanol–water partition coefficient (Wildman–Crippen LogP) is 7.15. The first-order chi connectivity index (χ1) is 15.1. The molecule has 1 rings (SSSR count). The molecule has 0 saturated heterocycles. The van der Waals surface area contributed by atoms with Gasteiger partial charge in [0, 0.05) is 12.1 Å². The van der Waals surface area contributed by atoms with Crippen LogP contribution in [-0.4, -0.2) is 18.1 Å². The first kappa shape index (κ1) is 28.0. The average Bonchev–Trinajstić information content (AvgIpc) is 2.76. The predicted molar refractivity (Wildman–Crippen MR) is 128 cm³/mol. The monoisotopic (exact) mass is 454 g/mol. The van der Waals surface area contributed by atoms with Crippen LogP contribution in [0.5, 0.6) is 0 Å². The van der Waals surface area contributed by atoms with E-state index < -0.39 is 7.82 Å². The Labute approximate surface area is 190 Å². The first-order valence-corrected chi connectivity index (χ1v) is 13.8. The van der Waals surface area contributed by atoms with E-state index in [2.05, 4.69) is 19.1 Å².